The predicted molar refractivity (Wildman–Crippen MR) is 89.2 cm³/mol. The molecule has 3 rings (SSSR count). The van der Waals surface area contributed by atoms with Gasteiger partial charge in [0.05, 0.1) is 25.5 Å². The van der Waals surface area contributed by atoms with Crippen molar-refractivity contribution >= 4 is 23.2 Å². The van der Waals surface area contributed by atoms with Gasteiger partial charge in [-0.3, -0.25) is 9.59 Å². The van der Waals surface area contributed by atoms with Crippen LogP contribution in [0.3, 0.4) is 0 Å². The maximum atomic E-state index is 13.4. The van der Waals surface area contributed by atoms with Gasteiger partial charge in [-0.1, -0.05) is 12.2 Å². The first kappa shape index (κ1) is 19.8. The second kappa shape index (κ2) is 7.56. The van der Waals surface area contributed by atoms with Gasteiger partial charge in [0.15, 0.2) is 0 Å². The van der Waals surface area contributed by atoms with E-state index >= 15 is 0 Å². The third-order valence-corrected chi connectivity index (χ3v) is 5.32. The van der Waals surface area contributed by atoms with Gasteiger partial charge < -0.3 is 19.7 Å². The third kappa shape index (κ3) is 3.85. The molecule has 2 aliphatic rings. The zero-order valence-corrected chi connectivity index (χ0v) is 15.2. The van der Waals surface area contributed by atoms with Gasteiger partial charge >= 0.3 is 6.18 Å². The number of nitrogens with zero attached hydrogens (tertiary/aromatic N) is 2. The molecule has 148 valence electrons. The number of carbonyl (C=O) groups excluding carboxylic acids is 2. The van der Waals surface area contributed by atoms with Crippen LogP contribution in [-0.2, 0) is 20.9 Å². The number of likely N-dealkylation sites (tertiary alicyclic amines) is 1. The van der Waals surface area contributed by atoms with E-state index in [-0.39, 0.29) is 25.6 Å². The molecule has 0 aromatic carbocycles. The number of alkyl halides is 3. The molecule has 2 aliphatic heterocycles. The van der Waals surface area contributed by atoms with Gasteiger partial charge in [-0.05, 0) is 0 Å². The van der Waals surface area contributed by atoms with E-state index in [0.29, 0.717) is 16.5 Å². The van der Waals surface area contributed by atoms with Crippen molar-refractivity contribution in [3.8, 4) is 0 Å². The second-order valence-corrected chi connectivity index (χ2v) is 7.36. The highest BCUT2D eigenvalue weighted by atomic mass is 32.1. The Morgan fingerprint density at radius 1 is 1.44 bits per heavy atom. The SMILES string of the molecule is COCc1ncc(C(=O)N2CC(NC(=O)C3(C(F)(F)F)CC=CCO3)C2)s1. The average Bonchev–Trinajstić information content (AvgIpc) is 3.05. The number of hydrogen-bond donors (Lipinski definition) is 1. The molecule has 1 N–H and O–H groups in total. The number of rotatable bonds is 5. The number of halogens is 3. The highest BCUT2D eigenvalue weighted by molar-refractivity contribution is 7.13. The Kier molecular flexibility index (Phi) is 5.54. The second-order valence-electron chi connectivity index (χ2n) is 6.24. The van der Waals surface area contributed by atoms with Crippen molar-refractivity contribution in [2.45, 2.75) is 30.8 Å². The largest absolute Gasteiger partial charge is 0.426 e. The van der Waals surface area contributed by atoms with Crippen LogP contribution in [0.5, 0.6) is 0 Å². The summed E-state index contributed by atoms with van der Waals surface area (Å²) >= 11 is 1.19. The van der Waals surface area contributed by atoms with Crippen molar-refractivity contribution in [2.75, 3.05) is 26.8 Å². The monoisotopic (exact) mass is 405 g/mol. The van der Waals surface area contributed by atoms with Crippen LogP contribution in [0.15, 0.2) is 18.3 Å². The fraction of sp³-hybridized carbons (Fsp3) is 0.562. The average molecular weight is 405 g/mol. The van der Waals surface area contributed by atoms with E-state index in [1.807, 2.05) is 0 Å². The van der Waals surface area contributed by atoms with Crippen LogP contribution >= 0.6 is 11.3 Å². The Morgan fingerprint density at radius 2 is 2.19 bits per heavy atom. The molecule has 3 heterocycles. The lowest BCUT2D eigenvalue weighted by molar-refractivity contribution is -0.266. The lowest BCUT2D eigenvalue weighted by Gasteiger charge is -2.42. The topological polar surface area (TPSA) is 80.8 Å². The van der Waals surface area contributed by atoms with Gasteiger partial charge in [0.2, 0.25) is 5.60 Å². The van der Waals surface area contributed by atoms with Crippen molar-refractivity contribution in [1.82, 2.24) is 15.2 Å². The van der Waals surface area contributed by atoms with E-state index in [4.69, 9.17) is 9.47 Å². The Morgan fingerprint density at radius 3 is 2.78 bits per heavy atom. The Hall–Kier alpha value is -1.98. The van der Waals surface area contributed by atoms with Gasteiger partial charge in [-0.25, -0.2) is 4.98 Å². The predicted octanol–water partition coefficient (Wildman–Crippen LogP) is 1.51. The third-order valence-electron chi connectivity index (χ3n) is 4.36. The molecule has 1 fully saturated rings. The molecule has 1 saturated heterocycles. The normalized spacial score (nSPS) is 23.2. The summed E-state index contributed by atoms with van der Waals surface area (Å²) in [5.74, 6) is -1.50. The van der Waals surface area contributed by atoms with E-state index in [1.54, 1.807) is 0 Å². The minimum atomic E-state index is -4.83. The van der Waals surface area contributed by atoms with Crippen LogP contribution in [0.2, 0.25) is 0 Å². The molecule has 0 spiro atoms. The molecule has 1 unspecified atom stereocenters. The maximum absolute atomic E-state index is 13.4. The summed E-state index contributed by atoms with van der Waals surface area (Å²) in [6.07, 6.45) is -1.24. The highest BCUT2D eigenvalue weighted by Crippen LogP contribution is 2.39. The summed E-state index contributed by atoms with van der Waals surface area (Å²) in [5, 5.41) is 3.00. The summed E-state index contributed by atoms with van der Waals surface area (Å²) in [6, 6.07) is -0.554. The van der Waals surface area contributed by atoms with Crippen molar-refractivity contribution in [1.29, 1.82) is 0 Å². The first-order valence-corrected chi connectivity index (χ1v) is 8.98. The van der Waals surface area contributed by atoms with E-state index in [0.717, 1.165) is 0 Å². The number of nitrogens with one attached hydrogen (secondary N) is 1. The molecule has 0 aliphatic carbocycles. The molecule has 7 nitrogen and oxygen atoms in total. The summed E-state index contributed by atoms with van der Waals surface area (Å²) in [4.78, 5) is 30.5. The first-order valence-electron chi connectivity index (χ1n) is 8.16. The van der Waals surface area contributed by atoms with Crippen molar-refractivity contribution in [3.63, 3.8) is 0 Å². The number of amides is 2. The molecule has 11 heteroatoms. The molecular formula is C16H18F3N3O4S. The van der Waals surface area contributed by atoms with Crippen LogP contribution in [0.1, 0.15) is 21.1 Å². The van der Waals surface area contributed by atoms with Crippen LogP contribution in [-0.4, -0.2) is 66.3 Å². The minimum Gasteiger partial charge on any atom is -0.378 e. The number of hydrogen-bond acceptors (Lipinski definition) is 6. The summed E-state index contributed by atoms with van der Waals surface area (Å²) < 4.78 is 50.0. The smallest absolute Gasteiger partial charge is 0.378 e. The number of methoxy groups -OCH3 is 1. The zero-order chi connectivity index (χ0) is 19.7. The zero-order valence-electron chi connectivity index (χ0n) is 14.4. The first-order chi connectivity index (χ1) is 12.8. The molecule has 1 aromatic rings. The lowest BCUT2D eigenvalue weighted by atomic mass is 9.94. The summed E-state index contributed by atoms with van der Waals surface area (Å²) in [5.41, 5.74) is -2.88. The number of thiazole rings is 1. The van der Waals surface area contributed by atoms with Crippen LogP contribution in [0.25, 0.3) is 0 Å². The van der Waals surface area contributed by atoms with Gasteiger partial charge in [-0.2, -0.15) is 13.2 Å². The molecule has 1 atom stereocenters. The standard InChI is InChI=1S/C16H18F3N3O4S/c1-25-9-12-20-6-11(27-12)13(23)22-7-10(8-22)21-14(24)15(16(17,18)19)4-2-3-5-26-15/h2-3,6,10H,4-5,7-9H2,1H3,(H,21,24). The van der Waals surface area contributed by atoms with Crippen LogP contribution in [0.4, 0.5) is 13.2 Å². The number of aromatic nitrogens is 1. The molecular weight excluding hydrogens is 387 g/mol. The Balaban J connectivity index is 1.57. The van der Waals surface area contributed by atoms with Crippen LogP contribution < -0.4 is 5.32 Å². The molecule has 0 radical (unpaired) electrons. The van der Waals surface area contributed by atoms with Gasteiger partial charge in [-0.15, -0.1) is 11.3 Å². The van der Waals surface area contributed by atoms with Gasteiger partial charge in [0.25, 0.3) is 11.8 Å². The number of carbonyl (C=O) groups is 2. The molecule has 1 aromatic heterocycles. The van der Waals surface area contributed by atoms with Crippen molar-refractivity contribution < 1.29 is 32.2 Å². The summed E-state index contributed by atoms with van der Waals surface area (Å²) in [6.45, 7) is 0.277. The number of ether oxygens (including phenoxy) is 2. The van der Waals surface area contributed by atoms with E-state index in [1.165, 1.54) is 41.7 Å². The Bertz CT molecular complexity index is 746. The minimum absolute atomic E-state index is 0.131. The lowest BCUT2D eigenvalue weighted by Crippen LogP contribution is -2.67. The summed E-state index contributed by atoms with van der Waals surface area (Å²) in [7, 11) is 1.52. The van der Waals surface area contributed by atoms with Gasteiger partial charge in [0.1, 0.15) is 9.88 Å². The fourth-order valence-corrected chi connectivity index (χ4v) is 3.70. The van der Waals surface area contributed by atoms with E-state index in [9.17, 15) is 22.8 Å². The van der Waals surface area contributed by atoms with Crippen LogP contribution in [0, 0.1) is 0 Å². The molecule has 0 bridgehead atoms. The molecule has 2 amide bonds. The van der Waals surface area contributed by atoms with E-state index in [2.05, 4.69) is 10.3 Å². The quantitative estimate of drug-likeness (QED) is 0.752. The Labute approximate surface area is 157 Å². The van der Waals surface area contributed by atoms with Gasteiger partial charge in [0, 0.05) is 26.6 Å². The fourth-order valence-electron chi connectivity index (χ4n) is 2.84. The van der Waals surface area contributed by atoms with Crippen molar-refractivity contribution in [3.05, 3.63) is 28.2 Å². The van der Waals surface area contributed by atoms with E-state index < -0.39 is 30.1 Å². The molecule has 0 saturated carbocycles. The highest BCUT2D eigenvalue weighted by Gasteiger charge is 2.62. The van der Waals surface area contributed by atoms with Crippen molar-refractivity contribution in [2.24, 2.45) is 0 Å². The maximum Gasteiger partial charge on any atom is 0.426 e. The molecule has 27 heavy (non-hydrogen) atoms.